The van der Waals surface area contributed by atoms with Gasteiger partial charge in [-0.2, -0.15) is 5.26 Å². The smallest absolute Gasteiger partial charge is 0.149 e. The second-order valence-corrected chi connectivity index (χ2v) is 4.91. The summed E-state index contributed by atoms with van der Waals surface area (Å²) in [6.07, 6.45) is 1.67. The number of pyridine rings is 2. The van der Waals surface area contributed by atoms with Crippen LogP contribution in [0.25, 0.3) is 10.2 Å². The van der Waals surface area contributed by atoms with Crippen LogP contribution >= 0.6 is 11.3 Å². The molecule has 19 heavy (non-hydrogen) atoms. The first-order chi connectivity index (χ1) is 9.26. The van der Waals surface area contributed by atoms with E-state index in [0.717, 1.165) is 15.9 Å². The Kier molecular flexibility index (Phi) is 2.86. The molecule has 0 fully saturated rings. The highest BCUT2D eigenvalue weighted by Gasteiger charge is 2.09. The van der Waals surface area contributed by atoms with E-state index in [9.17, 15) is 0 Å². The van der Waals surface area contributed by atoms with Crippen LogP contribution in [0.4, 0.5) is 0 Å². The van der Waals surface area contributed by atoms with Crippen LogP contribution in [0.5, 0.6) is 11.5 Å². The Morgan fingerprint density at radius 3 is 2.95 bits per heavy atom. The van der Waals surface area contributed by atoms with E-state index in [1.165, 1.54) is 11.3 Å². The summed E-state index contributed by atoms with van der Waals surface area (Å²) in [4.78, 5) is 8.41. The normalized spacial score (nSPS) is 10.3. The number of nitrogens with zero attached hydrogens (tertiary/aromatic N) is 3. The van der Waals surface area contributed by atoms with Crippen LogP contribution in [-0.2, 0) is 0 Å². The SMILES string of the molecule is Cc1ccc(Oc2cc(C#N)nc3ccsc23)cn1. The van der Waals surface area contributed by atoms with E-state index in [1.807, 2.05) is 36.6 Å². The Labute approximate surface area is 113 Å². The summed E-state index contributed by atoms with van der Waals surface area (Å²) in [6, 6.07) is 9.31. The van der Waals surface area contributed by atoms with Crippen molar-refractivity contribution in [2.75, 3.05) is 0 Å². The molecule has 0 saturated carbocycles. The molecule has 3 aromatic rings. The lowest BCUT2D eigenvalue weighted by Crippen LogP contribution is -1.90. The van der Waals surface area contributed by atoms with Crippen molar-refractivity contribution in [2.24, 2.45) is 0 Å². The minimum absolute atomic E-state index is 0.348. The number of ether oxygens (including phenoxy) is 1. The van der Waals surface area contributed by atoms with Gasteiger partial charge in [-0.25, -0.2) is 4.98 Å². The Hall–Kier alpha value is -2.45. The van der Waals surface area contributed by atoms with Crippen LogP contribution in [0.3, 0.4) is 0 Å². The van der Waals surface area contributed by atoms with Crippen LogP contribution in [0.2, 0.25) is 0 Å². The monoisotopic (exact) mass is 267 g/mol. The summed E-state index contributed by atoms with van der Waals surface area (Å²) >= 11 is 1.54. The van der Waals surface area contributed by atoms with E-state index in [-0.39, 0.29) is 0 Å². The number of nitriles is 1. The predicted molar refractivity (Wildman–Crippen MR) is 73.4 cm³/mol. The fourth-order valence-electron chi connectivity index (χ4n) is 1.70. The Bertz CT molecular complexity index is 771. The molecule has 4 nitrogen and oxygen atoms in total. The van der Waals surface area contributed by atoms with Crippen molar-refractivity contribution in [1.29, 1.82) is 5.26 Å². The largest absolute Gasteiger partial charge is 0.454 e. The molecule has 0 spiro atoms. The molecule has 0 N–H and O–H groups in total. The van der Waals surface area contributed by atoms with Gasteiger partial charge in [-0.1, -0.05) is 0 Å². The third-order valence-electron chi connectivity index (χ3n) is 2.60. The number of hydrogen-bond donors (Lipinski definition) is 0. The lowest BCUT2D eigenvalue weighted by molar-refractivity contribution is 0.485. The van der Waals surface area contributed by atoms with E-state index in [2.05, 4.69) is 9.97 Å². The fourth-order valence-corrected chi connectivity index (χ4v) is 2.49. The van der Waals surface area contributed by atoms with Gasteiger partial charge in [0.1, 0.15) is 23.3 Å². The van der Waals surface area contributed by atoms with Crippen LogP contribution in [0.15, 0.2) is 35.8 Å². The molecule has 0 aliphatic rings. The highest BCUT2D eigenvalue weighted by molar-refractivity contribution is 7.17. The summed E-state index contributed by atoms with van der Waals surface area (Å²) in [5, 5.41) is 10.9. The van der Waals surface area contributed by atoms with Crippen molar-refractivity contribution in [1.82, 2.24) is 9.97 Å². The molecule has 0 aliphatic carbocycles. The lowest BCUT2D eigenvalue weighted by Gasteiger charge is -2.06. The molecule has 0 unspecified atom stereocenters. The Morgan fingerprint density at radius 2 is 2.21 bits per heavy atom. The van der Waals surface area contributed by atoms with Crippen LogP contribution in [-0.4, -0.2) is 9.97 Å². The summed E-state index contributed by atoms with van der Waals surface area (Å²) in [5.41, 5.74) is 2.06. The molecule has 0 radical (unpaired) electrons. The maximum Gasteiger partial charge on any atom is 0.149 e. The summed E-state index contributed by atoms with van der Waals surface area (Å²) in [7, 11) is 0. The van der Waals surface area contributed by atoms with Crippen LogP contribution in [0, 0.1) is 18.3 Å². The maximum atomic E-state index is 8.98. The van der Waals surface area contributed by atoms with Gasteiger partial charge in [0.2, 0.25) is 0 Å². The Balaban J connectivity index is 2.06. The van der Waals surface area contributed by atoms with Crippen molar-refractivity contribution in [3.63, 3.8) is 0 Å². The van der Waals surface area contributed by atoms with Crippen molar-refractivity contribution in [2.45, 2.75) is 6.92 Å². The van der Waals surface area contributed by atoms with Gasteiger partial charge in [-0.05, 0) is 30.5 Å². The van der Waals surface area contributed by atoms with E-state index >= 15 is 0 Å². The molecule has 0 amide bonds. The zero-order valence-corrected chi connectivity index (χ0v) is 10.9. The summed E-state index contributed by atoms with van der Waals surface area (Å²) in [6.45, 7) is 1.92. The van der Waals surface area contributed by atoms with Gasteiger partial charge in [-0.15, -0.1) is 11.3 Å². The number of thiophene rings is 1. The zero-order chi connectivity index (χ0) is 13.2. The average molecular weight is 267 g/mol. The first-order valence-electron chi connectivity index (χ1n) is 5.65. The van der Waals surface area contributed by atoms with Crippen molar-refractivity contribution in [3.05, 3.63) is 47.2 Å². The first-order valence-corrected chi connectivity index (χ1v) is 6.53. The number of aromatic nitrogens is 2. The molecule has 3 aromatic heterocycles. The van der Waals surface area contributed by atoms with Gasteiger partial charge in [0.05, 0.1) is 16.4 Å². The molecule has 92 valence electrons. The van der Waals surface area contributed by atoms with Gasteiger partial charge in [-0.3, -0.25) is 4.98 Å². The highest BCUT2D eigenvalue weighted by Crippen LogP contribution is 2.33. The zero-order valence-electron chi connectivity index (χ0n) is 10.1. The number of fused-ring (bicyclic) bond motifs is 1. The van der Waals surface area contributed by atoms with Gasteiger partial charge in [0, 0.05) is 11.8 Å². The van der Waals surface area contributed by atoms with Crippen molar-refractivity contribution in [3.8, 4) is 17.6 Å². The molecular weight excluding hydrogens is 258 g/mol. The Morgan fingerprint density at radius 1 is 1.32 bits per heavy atom. The van der Waals surface area contributed by atoms with Crippen LogP contribution in [0.1, 0.15) is 11.4 Å². The van der Waals surface area contributed by atoms with Gasteiger partial charge >= 0.3 is 0 Å². The summed E-state index contributed by atoms with van der Waals surface area (Å²) < 4.78 is 6.73. The second-order valence-electron chi connectivity index (χ2n) is 3.99. The van der Waals surface area contributed by atoms with Crippen LogP contribution < -0.4 is 4.74 Å². The van der Waals surface area contributed by atoms with Gasteiger partial charge in [0.15, 0.2) is 0 Å². The molecule has 3 rings (SSSR count). The molecule has 3 heterocycles. The number of rotatable bonds is 2. The van der Waals surface area contributed by atoms with E-state index in [1.54, 1.807) is 12.3 Å². The highest BCUT2D eigenvalue weighted by atomic mass is 32.1. The standard InChI is InChI=1S/C14H9N3OS/c1-9-2-3-11(8-16-9)18-13-6-10(7-15)17-12-4-5-19-14(12)13/h2-6,8H,1H3. The maximum absolute atomic E-state index is 8.98. The lowest BCUT2D eigenvalue weighted by atomic mass is 10.3. The van der Waals surface area contributed by atoms with E-state index in [4.69, 9.17) is 10.00 Å². The number of hydrogen-bond acceptors (Lipinski definition) is 5. The van der Waals surface area contributed by atoms with Crippen molar-refractivity contribution < 1.29 is 4.74 Å². The second kappa shape index (κ2) is 4.67. The quantitative estimate of drug-likeness (QED) is 0.711. The predicted octanol–water partition coefficient (Wildman–Crippen LogP) is 3.66. The molecule has 0 aromatic carbocycles. The topological polar surface area (TPSA) is 58.8 Å². The minimum atomic E-state index is 0.348. The van der Waals surface area contributed by atoms with E-state index in [0.29, 0.717) is 17.2 Å². The fraction of sp³-hybridized carbons (Fsp3) is 0.0714. The number of aryl methyl sites for hydroxylation is 1. The first kappa shape index (κ1) is 11.6. The summed E-state index contributed by atoms with van der Waals surface area (Å²) in [5.74, 6) is 1.29. The molecule has 5 heteroatoms. The van der Waals surface area contributed by atoms with Gasteiger partial charge < -0.3 is 4.74 Å². The van der Waals surface area contributed by atoms with E-state index < -0.39 is 0 Å². The molecule has 0 bridgehead atoms. The van der Waals surface area contributed by atoms with Gasteiger partial charge in [0.25, 0.3) is 0 Å². The minimum Gasteiger partial charge on any atom is -0.454 e. The third-order valence-corrected chi connectivity index (χ3v) is 3.52. The van der Waals surface area contributed by atoms with Crippen molar-refractivity contribution >= 4 is 21.6 Å². The molecular formula is C14H9N3OS. The third kappa shape index (κ3) is 2.26. The molecule has 0 atom stereocenters. The molecule has 0 aliphatic heterocycles. The average Bonchev–Trinajstić information content (AvgIpc) is 2.89. The molecule has 0 saturated heterocycles.